The van der Waals surface area contributed by atoms with Crippen LogP contribution in [0.15, 0.2) is 59.0 Å². The van der Waals surface area contributed by atoms with Gasteiger partial charge in [-0.3, -0.25) is 0 Å². The summed E-state index contributed by atoms with van der Waals surface area (Å²) in [6.07, 6.45) is 0. The molecule has 0 saturated heterocycles. The quantitative estimate of drug-likeness (QED) is 0.693. The molecule has 1 N–H and O–H groups in total. The second-order valence-electron chi connectivity index (χ2n) is 5.29. The largest absolute Gasteiger partial charge is 0.489 e. The number of hydrogen-bond acceptors (Lipinski definition) is 3. The van der Waals surface area contributed by atoms with Crippen molar-refractivity contribution in [3.63, 3.8) is 0 Å². The van der Waals surface area contributed by atoms with Crippen molar-refractivity contribution in [1.82, 2.24) is 0 Å². The van der Waals surface area contributed by atoms with E-state index in [0.29, 0.717) is 22.1 Å². The van der Waals surface area contributed by atoms with Gasteiger partial charge in [-0.25, -0.2) is 4.79 Å². The fourth-order valence-electron chi connectivity index (χ4n) is 2.36. The van der Waals surface area contributed by atoms with E-state index >= 15 is 0 Å². The molecule has 0 aliphatic carbocycles. The lowest BCUT2D eigenvalue weighted by Gasteiger charge is -2.08. The van der Waals surface area contributed by atoms with Crippen LogP contribution < -0.4 is 4.74 Å². The summed E-state index contributed by atoms with van der Waals surface area (Å²) in [6.45, 7) is 1.96. The Morgan fingerprint density at radius 3 is 2.50 bits per heavy atom. The van der Waals surface area contributed by atoms with Crippen LogP contribution in [0, 0.1) is 6.92 Å². The minimum absolute atomic E-state index is 0.0832. The standard InChI is InChI=1S/C19H15ClO4/c1-12-14(10-18(24-12)19(21)22)11-23-15-8-6-13(7-9-15)16-4-2-3-5-17(16)20/h2-10H,11H2,1H3,(H,21,22). The van der Waals surface area contributed by atoms with E-state index in [2.05, 4.69) is 0 Å². The molecule has 0 atom stereocenters. The molecule has 122 valence electrons. The van der Waals surface area contributed by atoms with Crippen LogP contribution in [0.1, 0.15) is 21.9 Å². The molecule has 2 aromatic carbocycles. The summed E-state index contributed by atoms with van der Waals surface area (Å²) < 4.78 is 10.9. The zero-order valence-corrected chi connectivity index (χ0v) is 13.7. The van der Waals surface area contributed by atoms with Crippen LogP contribution in [0.25, 0.3) is 11.1 Å². The fraction of sp³-hybridized carbons (Fsp3) is 0.105. The van der Waals surface area contributed by atoms with Gasteiger partial charge in [-0.15, -0.1) is 0 Å². The Balaban J connectivity index is 1.71. The van der Waals surface area contributed by atoms with Gasteiger partial charge < -0.3 is 14.3 Å². The Morgan fingerprint density at radius 2 is 1.88 bits per heavy atom. The van der Waals surface area contributed by atoms with E-state index in [1.165, 1.54) is 6.07 Å². The highest BCUT2D eigenvalue weighted by atomic mass is 35.5. The van der Waals surface area contributed by atoms with E-state index in [9.17, 15) is 4.79 Å². The molecule has 0 fully saturated rings. The summed E-state index contributed by atoms with van der Waals surface area (Å²) in [5.74, 6) is 0.0528. The molecule has 0 aliphatic rings. The maximum Gasteiger partial charge on any atom is 0.371 e. The van der Waals surface area contributed by atoms with Crippen molar-refractivity contribution in [2.24, 2.45) is 0 Å². The van der Waals surface area contributed by atoms with E-state index in [-0.39, 0.29) is 12.4 Å². The molecule has 0 radical (unpaired) electrons. The highest BCUT2D eigenvalue weighted by Gasteiger charge is 2.13. The molecule has 3 rings (SSSR count). The maximum absolute atomic E-state index is 10.9. The Hall–Kier alpha value is -2.72. The maximum atomic E-state index is 10.9. The Labute approximate surface area is 144 Å². The molecular formula is C19H15ClO4. The van der Waals surface area contributed by atoms with Gasteiger partial charge >= 0.3 is 5.97 Å². The van der Waals surface area contributed by atoms with E-state index in [4.69, 9.17) is 25.9 Å². The molecule has 24 heavy (non-hydrogen) atoms. The number of carbonyl (C=O) groups is 1. The first kappa shape index (κ1) is 16.1. The van der Waals surface area contributed by atoms with Crippen LogP contribution in [0.2, 0.25) is 5.02 Å². The predicted molar refractivity (Wildman–Crippen MR) is 91.6 cm³/mol. The van der Waals surface area contributed by atoms with Gasteiger partial charge in [-0.2, -0.15) is 0 Å². The monoisotopic (exact) mass is 342 g/mol. The minimum Gasteiger partial charge on any atom is -0.489 e. The van der Waals surface area contributed by atoms with Gasteiger partial charge in [0.05, 0.1) is 0 Å². The number of carboxylic acids is 1. The first-order chi connectivity index (χ1) is 11.5. The number of halogens is 1. The normalized spacial score (nSPS) is 10.6. The van der Waals surface area contributed by atoms with Crippen molar-refractivity contribution in [2.75, 3.05) is 0 Å². The summed E-state index contributed by atoms with van der Waals surface area (Å²) in [7, 11) is 0. The second-order valence-corrected chi connectivity index (χ2v) is 5.70. The number of hydrogen-bond donors (Lipinski definition) is 1. The van der Waals surface area contributed by atoms with E-state index in [1.54, 1.807) is 6.92 Å². The molecule has 0 spiro atoms. The summed E-state index contributed by atoms with van der Waals surface area (Å²) >= 11 is 6.20. The van der Waals surface area contributed by atoms with Gasteiger partial charge in [-0.1, -0.05) is 41.9 Å². The molecular weight excluding hydrogens is 328 g/mol. The highest BCUT2D eigenvalue weighted by molar-refractivity contribution is 6.33. The van der Waals surface area contributed by atoms with Crippen LogP contribution in [0.5, 0.6) is 5.75 Å². The van der Waals surface area contributed by atoms with Crippen LogP contribution in [-0.2, 0) is 6.61 Å². The molecule has 0 unspecified atom stereocenters. The van der Waals surface area contributed by atoms with Gasteiger partial charge in [0.15, 0.2) is 0 Å². The first-order valence-corrected chi connectivity index (χ1v) is 7.73. The van der Waals surface area contributed by atoms with Crippen molar-refractivity contribution in [3.8, 4) is 16.9 Å². The third-order valence-electron chi connectivity index (χ3n) is 3.66. The van der Waals surface area contributed by atoms with Crippen LogP contribution in [0.3, 0.4) is 0 Å². The number of furan rings is 1. The minimum atomic E-state index is -1.09. The number of carboxylic acid groups (broad SMARTS) is 1. The third kappa shape index (κ3) is 3.44. The molecule has 1 aromatic heterocycles. The Kier molecular flexibility index (Phi) is 4.58. The summed E-state index contributed by atoms with van der Waals surface area (Å²) in [5.41, 5.74) is 2.67. The first-order valence-electron chi connectivity index (χ1n) is 7.35. The molecule has 0 amide bonds. The zero-order chi connectivity index (χ0) is 17.1. The topological polar surface area (TPSA) is 59.7 Å². The second kappa shape index (κ2) is 6.81. The number of rotatable bonds is 5. The summed E-state index contributed by atoms with van der Waals surface area (Å²) in [5, 5.41) is 9.62. The van der Waals surface area contributed by atoms with Gasteiger partial charge in [0.1, 0.15) is 18.1 Å². The number of aryl methyl sites for hydroxylation is 1. The lowest BCUT2D eigenvalue weighted by molar-refractivity contribution is 0.0661. The van der Waals surface area contributed by atoms with Gasteiger partial charge in [0.25, 0.3) is 0 Å². The lowest BCUT2D eigenvalue weighted by atomic mass is 10.1. The molecule has 0 saturated carbocycles. The average molecular weight is 343 g/mol. The van der Waals surface area contributed by atoms with E-state index in [1.807, 2.05) is 48.5 Å². The zero-order valence-electron chi connectivity index (χ0n) is 13.0. The average Bonchev–Trinajstić information content (AvgIpc) is 2.95. The lowest BCUT2D eigenvalue weighted by Crippen LogP contribution is -1.96. The third-order valence-corrected chi connectivity index (χ3v) is 3.99. The fourth-order valence-corrected chi connectivity index (χ4v) is 2.60. The van der Waals surface area contributed by atoms with E-state index in [0.717, 1.165) is 11.1 Å². The molecule has 3 aromatic rings. The van der Waals surface area contributed by atoms with Crippen molar-refractivity contribution >= 4 is 17.6 Å². The van der Waals surface area contributed by atoms with Gasteiger partial charge in [-0.05, 0) is 36.8 Å². The molecule has 0 bridgehead atoms. The number of benzene rings is 2. The van der Waals surface area contributed by atoms with Gasteiger partial charge in [0.2, 0.25) is 5.76 Å². The SMILES string of the molecule is Cc1oc(C(=O)O)cc1COc1ccc(-c2ccccc2Cl)cc1. The summed E-state index contributed by atoms with van der Waals surface area (Å²) in [6, 6.07) is 16.7. The Bertz CT molecular complexity index is 865. The van der Waals surface area contributed by atoms with E-state index < -0.39 is 5.97 Å². The van der Waals surface area contributed by atoms with Gasteiger partial charge in [0, 0.05) is 16.1 Å². The van der Waals surface area contributed by atoms with Crippen LogP contribution in [0.4, 0.5) is 0 Å². The molecule has 1 heterocycles. The number of aromatic carboxylic acids is 1. The van der Waals surface area contributed by atoms with Crippen LogP contribution in [-0.4, -0.2) is 11.1 Å². The highest BCUT2D eigenvalue weighted by Crippen LogP contribution is 2.29. The van der Waals surface area contributed by atoms with Crippen molar-refractivity contribution in [2.45, 2.75) is 13.5 Å². The van der Waals surface area contributed by atoms with Crippen molar-refractivity contribution in [3.05, 3.63) is 76.7 Å². The van der Waals surface area contributed by atoms with Crippen LogP contribution >= 0.6 is 11.6 Å². The predicted octanol–water partition coefficient (Wildman–Crippen LogP) is 5.19. The molecule has 4 nitrogen and oxygen atoms in total. The smallest absolute Gasteiger partial charge is 0.371 e. The Morgan fingerprint density at radius 1 is 1.17 bits per heavy atom. The number of ether oxygens (including phenoxy) is 1. The molecule has 0 aliphatic heterocycles. The van der Waals surface area contributed by atoms with Crippen molar-refractivity contribution in [1.29, 1.82) is 0 Å². The van der Waals surface area contributed by atoms with Crippen molar-refractivity contribution < 1.29 is 19.1 Å². The molecule has 5 heteroatoms. The summed E-state index contributed by atoms with van der Waals surface area (Å²) in [4.78, 5) is 10.9.